The van der Waals surface area contributed by atoms with Gasteiger partial charge in [-0.2, -0.15) is 0 Å². The lowest BCUT2D eigenvalue weighted by atomic mass is 10.0. The van der Waals surface area contributed by atoms with Crippen molar-refractivity contribution in [1.29, 1.82) is 0 Å². The van der Waals surface area contributed by atoms with E-state index in [2.05, 4.69) is 5.32 Å². The van der Waals surface area contributed by atoms with Crippen molar-refractivity contribution < 1.29 is 14.0 Å². The van der Waals surface area contributed by atoms with Crippen LogP contribution in [0.25, 0.3) is 6.08 Å². The molecule has 3 nitrogen and oxygen atoms in total. The van der Waals surface area contributed by atoms with Crippen LogP contribution in [0.5, 0.6) is 0 Å². The van der Waals surface area contributed by atoms with Gasteiger partial charge in [0.1, 0.15) is 5.82 Å². The van der Waals surface area contributed by atoms with E-state index < -0.39 is 5.91 Å². The second-order valence-electron chi connectivity index (χ2n) is 3.72. The fourth-order valence-corrected chi connectivity index (χ4v) is 1.58. The fourth-order valence-electron chi connectivity index (χ4n) is 1.58. The molecule has 1 aromatic rings. The second kappa shape index (κ2) is 3.89. The summed E-state index contributed by atoms with van der Waals surface area (Å²) < 4.78 is 13.0. The molecule has 1 aromatic carbocycles. The predicted octanol–water partition coefficient (Wildman–Crippen LogP) is 1.56. The predicted molar refractivity (Wildman–Crippen MR) is 56.9 cm³/mol. The van der Waals surface area contributed by atoms with Crippen molar-refractivity contribution in [1.82, 2.24) is 5.32 Å². The Hall–Kier alpha value is -1.97. The van der Waals surface area contributed by atoms with Crippen molar-refractivity contribution in [3.63, 3.8) is 0 Å². The van der Waals surface area contributed by atoms with E-state index in [9.17, 15) is 14.0 Å². The van der Waals surface area contributed by atoms with Crippen LogP contribution in [0, 0.1) is 12.7 Å². The summed E-state index contributed by atoms with van der Waals surface area (Å²) in [5.74, 6) is -1.07. The SMILES string of the molecule is Cc1ccc(F)cc1/C=C1\CC(=O)NC1=O. The third-order valence-corrected chi connectivity index (χ3v) is 2.47. The lowest BCUT2D eigenvalue weighted by molar-refractivity contribution is -0.124. The van der Waals surface area contributed by atoms with Gasteiger partial charge in [-0.15, -0.1) is 0 Å². The first-order valence-electron chi connectivity index (χ1n) is 4.87. The van der Waals surface area contributed by atoms with Crippen LogP contribution in [0.3, 0.4) is 0 Å². The Morgan fingerprint density at radius 3 is 2.75 bits per heavy atom. The topological polar surface area (TPSA) is 46.2 Å². The van der Waals surface area contributed by atoms with Gasteiger partial charge in [0.15, 0.2) is 0 Å². The molecule has 1 saturated heterocycles. The van der Waals surface area contributed by atoms with E-state index in [1.54, 1.807) is 12.1 Å². The van der Waals surface area contributed by atoms with Crippen LogP contribution >= 0.6 is 0 Å². The molecule has 1 aliphatic heterocycles. The normalized spacial score (nSPS) is 18.0. The number of benzene rings is 1. The third kappa shape index (κ3) is 2.00. The highest BCUT2D eigenvalue weighted by molar-refractivity contribution is 6.15. The number of aryl methyl sites for hydroxylation is 1. The minimum Gasteiger partial charge on any atom is -0.292 e. The smallest absolute Gasteiger partial charge is 0.254 e. The molecule has 0 unspecified atom stereocenters. The summed E-state index contributed by atoms with van der Waals surface area (Å²) >= 11 is 0. The largest absolute Gasteiger partial charge is 0.292 e. The van der Waals surface area contributed by atoms with Gasteiger partial charge in [-0.3, -0.25) is 14.9 Å². The highest BCUT2D eigenvalue weighted by Gasteiger charge is 2.23. The number of hydrogen-bond donors (Lipinski definition) is 1. The lowest BCUT2D eigenvalue weighted by Crippen LogP contribution is -2.19. The lowest BCUT2D eigenvalue weighted by Gasteiger charge is -2.01. The van der Waals surface area contributed by atoms with E-state index in [-0.39, 0.29) is 18.1 Å². The average molecular weight is 219 g/mol. The molecule has 0 atom stereocenters. The van der Waals surface area contributed by atoms with Crippen LogP contribution in [-0.4, -0.2) is 11.8 Å². The maximum atomic E-state index is 13.0. The van der Waals surface area contributed by atoms with Gasteiger partial charge in [0, 0.05) is 5.57 Å². The highest BCUT2D eigenvalue weighted by Crippen LogP contribution is 2.18. The summed E-state index contributed by atoms with van der Waals surface area (Å²) in [4.78, 5) is 22.3. The van der Waals surface area contributed by atoms with Gasteiger partial charge in [-0.1, -0.05) is 6.07 Å². The first kappa shape index (κ1) is 10.5. The number of hydrogen-bond acceptors (Lipinski definition) is 2. The van der Waals surface area contributed by atoms with Gasteiger partial charge >= 0.3 is 0 Å². The van der Waals surface area contributed by atoms with Gasteiger partial charge in [-0.25, -0.2) is 4.39 Å². The molecular formula is C12H10FNO2. The zero-order chi connectivity index (χ0) is 11.7. The van der Waals surface area contributed by atoms with Gasteiger partial charge in [0.25, 0.3) is 5.91 Å². The van der Waals surface area contributed by atoms with E-state index in [4.69, 9.17) is 0 Å². The van der Waals surface area contributed by atoms with Crippen molar-refractivity contribution in [2.24, 2.45) is 0 Å². The Labute approximate surface area is 92.0 Å². The van der Waals surface area contributed by atoms with Crippen molar-refractivity contribution in [3.8, 4) is 0 Å². The first-order valence-corrected chi connectivity index (χ1v) is 4.87. The van der Waals surface area contributed by atoms with Crippen LogP contribution in [0.1, 0.15) is 17.5 Å². The Kier molecular flexibility index (Phi) is 2.56. The number of carbonyl (C=O) groups is 2. The molecule has 2 amide bonds. The number of halogens is 1. The van der Waals surface area contributed by atoms with E-state index in [1.807, 2.05) is 6.92 Å². The Morgan fingerprint density at radius 1 is 1.38 bits per heavy atom. The molecule has 0 aliphatic carbocycles. The van der Waals surface area contributed by atoms with E-state index in [1.165, 1.54) is 12.1 Å². The number of nitrogens with one attached hydrogen (secondary N) is 1. The quantitative estimate of drug-likeness (QED) is 0.575. The number of amides is 2. The Bertz CT molecular complexity index is 506. The molecule has 1 fully saturated rings. The Balaban J connectivity index is 2.39. The summed E-state index contributed by atoms with van der Waals surface area (Å²) in [5, 5.41) is 2.18. The summed E-state index contributed by atoms with van der Waals surface area (Å²) in [7, 11) is 0. The molecule has 1 N–H and O–H groups in total. The zero-order valence-electron chi connectivity index (χ0n) is 8.71. The minimum absolute atomic E-state index is 0.0643. The monoisotopic (exact) mass is 219 g/mol. The highest BCUT2D eigenvalue weighted by atomic mass is 19.1. The zero-order valence-corrected chi connectivity index (χ0v) is 8.71. The molecule has 1 heterocycles. The second-order valence-corrected chi connectivity index (χ2v) is 3.72. The van der Waals surface area contributed by atoms with Crippen molar-refractivity contribution in [3.05, 3.63) is 40.7 Å². The van der Waals surface area contributed by atoms with Crippen molar-refractivity contribution >= 4 is 17.9 Å². The first-order chi connectivity index (χ1) is 7.56. The molecule has 0 aromatic heterocycles. The minimum atomic E-state index is -0.395. The summed E-state index contributed by atoms with van der Waals surface area (Å²) in [6.07, 6.45) is 1.62. The van der Waals surface area contributed by atoms with Crippen LogP contribution in [0.15, 0.2) is 23.8 Å². The number of imide groups is 1. The standard InChI is InChI=1S/C12H10FNO2/c1-7-2-3-10(13)5-8(7)4-9-6-11(15)14-12(9)16/h2-5H,6H2,1H3,(H,14,15,16)/b9-4+. The molecule has 0 saturated carbocycles. The molecule has 4 heteroatoms. The fraction of sp³-hybridized carbons (Fsp3) is 0.167. The van der Waals surface area contributed by atoms with Crippen LogP contribution < -0.4 is 5.32 Å². The summed E-state index contributed by atoms with van der Waals surface area (Å²) in [6, 6.07) is 4.34. The molecule has 16 heavy (non-hydrogen) atoms. The van der Waals surface area contributed by atoms with Crippen LogP contribution in [0.4, 0.5) is 4.39 Å². The Morgan fingerprint density at radius 2 is 2.12 bits per heavy atom. The van der Waals surface area contributed by atoms with Crippen molar-refractivity contribution in [2.45, 2.75) is 13.3 Å². The molecule has 0 spiro atoms. The van der Waals surface area contributed by atoms with E-state index >= 15 is 0 Å². The van der Waals surface area contributed by atoms with Crippen LogP contribution in [0.2, 0.25) is 0 Å². The third-order valence-electron chi connectivity index (χ3n) is 2.47. The van der Waals surface area contributed by atoms with Crippen LogP contribution in [-0.2, 0) is 9.59 Å². The summed E-state index contributed by atoms with van der Waals surface area (Å²) in [5.41, 5.74) is 1.86. The average Bonchev–Trinajstić information content (AvgIpc) is 2.51. The maximum Gasteiger partial charge on any atom is 0.254 e. The molecule has 0 bridgehead atoms. The molecule has 0 radical (unpaired) electrons. The van der Waals surface area contributed by atoms with Gasteiger partial charge < -0.3 is 0 Å². The van der Waals surface area contributed by atoms with Gasteiger partial charge in [0.05, 0.1) is 6.42 Å². The maximum absolute atomic E-state index is 13.0. The van der Waals surface area contributed by atoms with Crippen molar-refractivity contribution in [2.75, 3.05) is 0 Å². The number of carbonyl (C=O) groups excluding carboxylic acids is 2. The number of rotatable bonds is 1. The molecule has 1 aliphatic rings. The van der Waals surface area contributed by atoms with E-state index in [0.29, 0.717) is 11.1 Å². The summed E-state index contributed by atoms with van der Waals surface area (Å²) in [6.45, 7) is 1.82. The molecular weight excluding hydrogens is 209 g/mol. The molecule has 2 rings (SSSR count). The van der Waals surface area contributed by atoms with Gasteiger partial charge in [0.2, 0.25) is 5.91 Å². The van der Waals surface area contributed by atoms with Gasteiger partial charge in [-0.05, 0) is 36.3 Å². The van der Waals surface area contributed by atoms with E-state index in [0.717, 1.165) is 5.56 Å². The molecule has 82 valence electrons.